The van der Waals surface area contributed by atoms with Gasteiger partial charge in [-0.25, -0.2) is 0 Å². The lowest BCUT2D eigenvalue weighted by atomic mass is 9.98. The van der Waals surface area contributed by atoms with Crippen molar-refractivity contribution in [3.8, 4) is 0 Å². The largest absolute Gasteiger partial charge is 0.315 e. The van der Waals surface area contributed by atoms with E-state index in [4.69, 9.17) is 0 Å². The molecule has 2 rings (SSSR count). The van der Waals surface area contributed by atoms with Crippen LogP contribution < -0.4 is 4.90 Å². The first-order valence-electron chi connectivity index (χ1n) is 4.90. The lowest BCUT2D eigenvalue weighted by Crippen LogP contribution is -2.24. The maximum atomic E-state index is 11.6. The number of fused-ring (bicyclic) bond motifs is 1. The van der Waals surface area contributed by atoms with Crippen molar-refractivity contribution >= 4 is 11.6 Å². The molecule has 1 unspecified atom stereocenters. The number of anilines is 1. The van der Waals surface area contributed by atoms with E-state index in [-0.39, 0.29) is 5.91 Å². The van der Waals surface area contributed by atoms with E-state index in [9.17, 15) is 4.79 Å². The van der Waals surface area contributed by atoms with Crippen molar-refractivity contribution in [2.45, 2.75) is 25.7 Å². The molecule has 0 N–H and O–H groups in total. The molecule has 1 amide bonds. The van der Waals surface area contributed by atoms with Crippen LogP contribution in [-0.4, -0.2) is 17.9 Å². The van der Waals surface area contributed by atoms with Gasteiger partial charge in [0.15, 0.2) is 0 Å². The number of amides is 1. The summed E-state index contributed by atoms with van der Waals surface area (Å²) in [6, 6.07) is 1.91. The zero-order valence-corrected chi connectivity index (χ0v) is 8.53. The highest BCUT2D eigenvalue weighted by molar-refractivity contribution is 5.94. The first-order valence-corrected chi connectivity index (χ1v) is 4.90. The Hall–Kier alpha value is -1.38. The molecule has 0 aliphatic carbocycles. The van der Waals surface area contributed by atoms with Crippen LogP contribution in [0.5, 0.6) is 0 Å². The minimum atomic E-state index is 0.196. The fraction of sp³-hybridized carbons (Fsp3) is 0.455. The molecule has 3 nitrogen and oxygen atoms in total. The summed E-state index contributed by atoms with van der Waals surface area (Å²) in [5.74, 6) is 0.620. The van der Waals surface area contributed by atoms with E-state index in [1.165, 1.54) is 5.56 Å². The number of hydrogen-bond acceptors (Lipinski definition) is 2. The molecule has 0 fully saturated rings. The normalized spacial score (nSPS) is 21.7. The van der Waals surface area contributed by atoms with Crippen LogP contribution in [0.4, 0.5) is 5.69 Å². The third kappa shape index (κ3) is 1.39. The van der Waals surface area contributed by atoms with Crippen molar-refractivity contribution in [1.82, 2.24) is 4.98 Å². The van der Waals surface area contributed by atoms with Crippen LogP contribution in [0.25, 0.3) is 0 Å². The van der Waals surface area contributed by atoms with Gasteiger partial charge in [0.2, 0.25) is 5.91 Å². The van der Waals surface area contributed by atoms with Crippen LogP contribution in [0.3, 0.4) is 0 Å². The number of rotatable bonds is 0. The second kappa shape index (κ2) is 3.40. The molecule has 1 aliphatic rings. The third-order valence-corrected chi connectivity index (χ3v) is 2.89. The molecule has 0 spiro atoms. The summed E-state index contributed by atoms with van der Waals surface area (Å²) in [7, 11) is 1.83. The first-order chi connectivity index (χ1) is 6.70. The number of carbonyl (C=O) groups excluding carboxylic acids is 1. The molecule has 0 saturated heterocycles. The molecule has 0 radical (unpaired) electrons. The number of pyridine rings is 1. The quantitative estimate of drug-likeness (QED) is 0.626. The zero-order valence-electron chi connectivity index (χ0n) is 8.53. The molecule has 2 heterocycles. The summed E-state index contributed by atoms with van der Waals surface area (Å²) in [4.78, 5) is 17.5. The topological polar surface area (TPSA) is 33.2 Å². The lowest BCUT2D eigenvalue weighted by molar-refractivity contribution is -0.118. The maximum absolute atomic E-state index is 11.6. The monoisotopic (exact) mass is 190 g/mol. The number of nitrogens with zero attached hydrogens (tertiary/aromatic N) is 2. The van der Waals surface area contributed by atoms with Crippen LogP contribution in [-0.2, 0) is 4.79 Å². The van der Waals surface area contributed by atoms with E-state index in [1.807, 2.05) is 19.3 Å². The highest BCUT2D eigenvalue weighted by Crippen LogP contribution is 2.32. The molecule has 1 atom stereocenters. The van der Waals surface area contributed by atoms with E-state index in [2.05, 4.69) is 11.9 Å². The Morgan fingerprint density at radius 1 is 1.57 bits per heavy atom. The SMILES string of the molecule is CC1CCC(=O)N(C)c2ccncc21. The Kier molecular flexibility index (Phi) is 2.23. The number of hydrogen-bond donors (Lipinski definition) is 0. The minimum Gasteiger partial charge on any atom is -0.315 e. The van der Waals surface area contributed by atoms with Crippen LogP contribution >= 0.6 is 0 Å². The van der Waals surface area contributed by atoms with Crippen molar-refractivity contribution in [3.63, 3.8) is 0 Å². The van der Waals surface area contributed by atoms with Gasteiger partial charge in [0, 0.05) is 31.5 Å². The molecule has 0 aromatic carbocycles. The summed E-state index contributed by atoms with van der Waals surface area (Å²) in [5, 5.41) is 0. The third-order valence-electron chi connectivity index (χ3n) is 2.89. The Balaban J connectivity index is 2.51. The smallest absolute Gasteiger partial charge is 0.226 e. The van der Waals surface area contributed by atoms with Crippen molar-refractivity contribution < 1.29 is 4.79 Å². The van der Waals surface area contributed by atoms with Gasteiger partial charge in [-0.3, -0.25) is 9.78 Å². The van der Waals surface area contributed by atoms with E-state index in [1.54, 1.807) is 11.1 Å². The van der Waals surface area contributed by atoms with Gasteiger partial charge in [-0.05, 0) is 24.0 Å². The van der Waals surface area contributed by atoms with Crippen LogP contribution in [0, 0.1) is 0 Å². The molecule has 1 aromatic rings. The fourth-order valence-corrected chi connectivity index (χ4v) is 1.88. The number of aromatic nitrogens is 1. The van der Waals surface area contributed by atoms with Crippen molar-refractivity contribution in [1.29, 1.82) is 0 Å². The molecule has 1 aliphatic heterocycles. The first kappa shape index (κ1) is 9.19. The van der Waals surface area contributed by atoms with E-state index < -0.39 is 0 Å². The molecule has 74 valence electrons. The average Bonchev–Trinajstić information content (AvgIpc) is 2.33. The summed E-state index contributed by atoms with van der Waals surface area (Å²) in [6.07, 6.45) is 5.16. The summed E-state index contributed by atoms with van der Waals surface area (Å²) < 4.78 is 0. The van der Waals surface area contributed by atoms with Gasteiger partial charge < -0.3 is 4.90 Å². The second-order valence-corrected chi connectivity index (χ2v) is 3.83. The van der Waals surface area contributed by atoms with E-state index in [0.717, 1.165) is 12.1 Å². The Morgan fingerprint density at radius 2 is 2.36 bits per heavy atom. The van der Waals surface area contributed by atoms with E-state index in [0.29, 0.717) is 12.3 Å². The lowest BCUT2D eigenvalue weighted by Gasteiger charge is -2.17. The van der Waals surface area contributed by atoms with E-state index >= 15 is 0 Å². The molecule has 1 aromatic heterocycles. The summed E-state index contributed by atoms with van der Waals surface area (Å²) in [6.45, 7) is 2.15. The maximum Gasteiger partial charge on any atom is 0.226 e. The average molecular weight is 190 g/mol. The van der Waals surface area contributed by atoms with Crippen LogP contribution in [0.1, 0.15) is 31.2 Å². The standard InChI is InChI=1S/C11H14N2O/c1-8-3-4-11(14)13(2)10-5-6-12-7-9(8)10/h5-8H,3-4H2,1-2H3. The van der Waals surface area contributed by atoms with Gasteiger partial charge in [-0.1, -0.05) is 6.92 Å². The van der Waals surface area contributed by atoms with Crippen LogP contribution in [0.2, 0.25) is 0 Å². The Labute approximate surface area is 83.8 Å². The van der Waals surface area contributed by atoms with Gasteiger partial charge in [-0.15, -0.1) is 0 Å². The van der Waals surface area contributed by atoms with Crippen molar-refractivity contribution in [3.05, 3.63) is 24.0 Å². The predicted octanol–water partition coefficient (Wildman–Crippen LogP) is 1.94. The highest BCUT2D eigenvalue weighted by Gasteiger charge is 2.22. The van der Waals surface area contributed by atoms with Gasteiger partial charge in [-0.2, -0.15) is 0 Å². The van der Waals surface area contributed by atoms with Gasteiger partial charge >= 0.3 is 0 Å². The molecular formula is C11H14N2O. The van der Waals surface area contributed by atoms with Gasteiger partial charge in [0.25, 0.3) is 0 Å². The molecular weight excluding hydrogens is 176 g/mol. The van der Waals surface area contributed by atoms with Crippen molar-refractivity contribution in [2.24, 2.45) is 0 Å². The zero-order chi connectivity index (χ0) is 10.1. The van der Waals surface area contributed by atoms with Crippen molar-refractivity contribution in [2.75, 3.05) is 11.9 Å². The molecule has 0 bridgehead atoms. The van der Waals surface area contributed by atoms with Gasteiger partial charge in [0.1, 0.15) is 0 Å². The van der Waals surface area contributed by atoms with Crippen LogP contribution in [0.15, 0.2) is 18.5 Å². The second-order valence-electron chi connectivity index (χ2n) is 3.83. The Bertz CT molecular complexity index is 362. The fourth-order valence-electron chi connectivity index (χ4n) is 1.88. The summed E-state index contributed by atoms with van der Waals surface area (Å²) in [5.41, 5.74) is 2.19. The minimum absolute atomic E-state index is 0.196. The number of carbonyl (C=O) groups is 1. The predicted molar refractivity (Wildman–Crippen MR) is 55.3 cm³/mol. The molecule has 0 saturated carbocycles. The van der Waals surface area contributed by atoms with Gasteiger partial charge in [0.05, 0.1) is 0 Å². The molecule has 14 heavy (non-hydrogen) atoms. The summed E-state index contributed by atoms with van der Waals surface area (Å²) >= 11 is 0. The Morgan fingerprint density at radius 3 is 3.14 bits per heavy atom. The molecule has 3 heteroatoms. The highest BCUT2D eigenvalue weighted by atomic mass is 16.2.